The highest BCUT2D eigenvalue weighted by Crippen LogP contribution is 2.41. The van der Waals surface area contributed by atoms with E-state index in [0.29, 0.717) is 24.8 Å². The van der Waals surface area contributed by atoms with Crippen molar-refractivity contribution in [3.05, 3.63) is 30.3 Å². The van der Waals surface area contributed by atoms with E-state index in [2.05, 4.69) is 6.92 Å². The number of benzene rings is 2. The van der Waals surface area contributed by atoms with Crippen molar-refractivity contribution in [3.8, 4) is 17.2 Å². The van der Waals surface area contributed by atoms with Crippen LogP contribution in [0.2, 0.25) is 0 Å². The van der Waals surface area contributed by atoms with Crippen molar-refractivity contribution in [2.75, 3.05) is 26.2 Å². The average molecular weight is 351 g/mol. The van der Waals surface area contributed by atoms with Crippen LogP contribution in [-0.2, 0) is 0 Å². The van der Waals surface area contributed by atoms with Gasteiger partial charge in [0.25, 0.3) is 0 Å². The van der Waals surface area contributed by atoms with Crippen LogP contribution in [0.1, 0.15) is 39.0 Å². The van der Waals surface area contributed by atoms with Gasteiger partial charge in [-0.3, -0.25) is 0 Å². The number of methoxy groups -OCH3 is 1. The lowest BCUT2D eigenvalue weighted by Crippen LogP contribution is -2.03. The molecule has 0 saturated carbocycles. The van der Waals surface area contributed by atoms with Gasteiger partial charge < -0.3 is 14.2 Å². The Balaban J connectivity index is 2.18. The van der Waals surface area contributed by atoms with Crippen LogP contribution < -0.4 is 14.2 Å². The quantitative estimate of drug-likeness (QED) is 0.377. The van der Waals surface area contributed by atoms with Crippen LogP contribution in [0.25, 0.3) is 10.8 Å². The van der Waals surface area contributed by atoms with E-state index < -0.39 is 0 Å². The molecule has 24 heavy (non-hydrogen) atoms. The van der Waals surface area contributed by atoms with Crippen LogP contribution in [-0.4, -0.2) is 26.2 Å². The molecular formula is C20H27ClO3. The Hall–Kier alpha value is -1.61. The Labute approximate surface area is 149 Å². The van der Waals surface area contributed by atoms with E-state index in [1.165, 1.54) is 25.7 Å². The van der Waals surface area contributed by atoms with Crippen molar-refractivity contribution >= 4 is 22.4 Å². The van der Waals surface area contributed by atoms with Crippen LogP contribution in [0, 0.1) is 0 Å². The number of rotatable bonds is 11. The fourth-order valence-electron chi connectivity index (χ4n) is 2.74. The van der Waals surface area contributed by atoms with Gasteiger partial charge in [0.2, 0.25) is 0 Å². The van der Waals surface area contributed by atoms with Gasteiger partial charge in [0.1, 0.15) is 12.4 Å². The largest absolute Gasteiger partial charge is 0.493 e. The molecule has 0 N–H and O–H groups in total. The smallest absolute Gasteiger partial charge is 0.169 e. The fourth-order valence-corrected chi connectivity index (χ4v) is 2.82. The number of unbranched alkanes of at least 4 members (excludes halogenated alkanes) is 4. The summed E-state index contributed by atoms with van der Waals surface area (Å²) in [5, 5.41) is 2.03. The van der Waals surface area contributed by atoms with Gasteiger partial charge in [0, 0.05) is 16.8 Å². The summed E-state index contributed by atoms with van der Waals surface area (Å²) in [5.41, 5.74) is 0. The molecule has 0 aliphatic heterocycles. The summed E-state index contributed by atoms with van der Waals surface area (Å²) in [6, 6.07) is 9.96. The molecule has 0 saturated heterocycles. The predicted octanol–water partition coefficient (Wildman–Crippen LogP) is 5.82. The first kappa shape index (κ1) is 18.7. The van der Waals surface area contributed by atoms with Gasteiger partial charge in [-0.1, -0.05) is 56.9 Å². The number of hydrogen-bond acceptors (Lipinski definition) is 3. The molecule has 132 valence electrons. The lowest BCUT2D eigenvalue weighted by molar-refractivity contribution is 0.286. The van der Waals surface area contributed by atoms with Gasteiger partial charge in [0.05, 0.1) is 19.6 Å². The highest BCUT2D eigenvalue weighted by molar-refractivity contribution is 6.18. The third kappa shape index (κ3) is 4.94. The molecule has 0 spiro atoms. The fraction of sp³-hybridized carbons (Fsp3) is 0.500. The van der Waals surface area contributed by atoms with Gasteiger partial charge in [-0.05, 0) is 6.42 Å². The second kappa shape index (κ2) is 10.3. The lowest BCUT2D eigenvalue weighted by atomic mass is 10.1. The summed E-state index contributed by atoms with van der Waals surface area (Å²) in [4.78, 5) is 0. The maximum atomic E-state index is 6.07. The first-order chi connectivity index (χ1) is 11.8. The second-order valence-corrected chi connectivity index (χ2v) is 6.13. The minimum Gasteiger partial charge on any atom is -0.493 e. The maximum absolute atomic E-state index is 6.07. The molecule has 2 aromatic carbocycles. The Morgan fingerprint density at radius 2 is 1.62 bits per heavy atom. The minimum absolute atomic E-state index is 0.451. The third-order valence-corrected chi connectivity index (χ3v) is 4.13. The van der Waals surface area contributed by atoms with E-state index in [1.54, 1.807) is 7.11 Å². The van der Waals surface area contributed by atoms with Crippen molar-refractivity contribution < 1.29 is 14.2 Å². The maximum Gasteiger partial charge on any atom is 0.169 e. The molecule has 0 radical (unpaired) electrons. The van der Waals surface area contributed by atoms with E-state index in [-0.39, 0.29) is 0 Å². The van der Waals surface area contributed by atoms with Gasteiger partial charge in [-0.25, -0.2) is 0 Å². The zero-order valence-corrected chi connectivity index (χ0v) is 15.4. The van der Waals surface area contributed by atoms with E-state index in [4.69, 9.17) is 25.8 Å². The summed E-state index contributed by atoms with van der Waals surface area (Å²) in [6.07, 6.45) is 6.07. The Morgan fingerprint density at radius 3 is 2.33 bits per heavy atom. The van der Waals surface area contributed by atoms with Gasteiger partial charge >= 0.3 is 0 Å². The Morgan fingerprint density at radius 1 is 0.875 bits per heavy atom. The van der Waals surface area contributed by atoms with E-state index >= 15 is 0 Å². The summed E-state index contributed by atoms with van der Waals surface area (Å²) in [7, 11) is 1.66. The van der Waals surface area contributed by atoms with Crippen LogP contribution in [0.3, 0.4) is 0 Å². The minimum atomic E-state index is 0.451. The van der Waals surface area contributed by atoms with Crippen molar-refractivity contribution in [1.82, 2.24) is 0 Å². The van der Waals surface area contributed by atoms with E-state index in [1.807, 2.05) is 30.3 Å². The molecule has 0 fully saturated rings. The normalized spacial score (nSPS) is 10.8. The zero-order valence-electron chi connectivity index (χ0n) is 14.6. The molecule has 0 aliphatic rings. The van der Waals surface area contributed by atoms with Crippen molar-refractivity contribution in [2.24, 2.45) is 0 Å². The first-order valence-corrected chi connectivity index (χ1v) is 9.26. The lowest BCUT2D eigenvalue weighted by Gasteiger charge is -2.16. The third-order valence-electron chi connectivity index (χ3n) is 3.97. The molecule has 2 aromatic rings. The Bertz CT molecular complexity index is 628. The molecule has 0 unspecified atom stereocenters. The standard InChI is InChI=1S/C20H27ClO3/c1-3-4-5-6-9-13-24-20-17-11-8-7-10-16(17)18(23-14-12-21)15-19(20)22-2/h7-8,10-11,15H,3-6,9,12-14H2,1-2H3. The molecule has 3 nitrogen and oxygen atoms in total. The van der Waals surface area contributed by atoms with Crippen LogP contribution in [0.15, 0.2) is 30.3 Å². The number of halogens is 1. The predicted molar refractivity (Wildman–Crippen MR) is 101 cm³/mol. The number of hydrogen-bond donors (Lipinski definition) is 0. The number of ether oxygens (including phenoxy) is 3. The van der Waals surface area contributed by atoms with Crippen LogP contribution in [0.5, 0.6) is 17.2 Å². The monoisotopic (exact) mass is 350 g/mol. The molecule has 0 heterocycles. The molecule has 0 amide bonds. The van der Waals surface area contributed by atoms with E-state index in [9.17, 15) is 0 Å². The highest BCUT2D eigenvalue weighted by Gasteiger charge is 2.14. The summed E-state index contributed by atoms with van der Waals surface area (Å²) in [5.74, 6) is 2.72. The average Bonchev–Trinajstić information content (AvgIpc) is 2.63. The summed E-state index contributed by atoms with van der Waals surface area (Å²) >= 11 is 5.75. The first-order valence-electron chi connectivity index (χ1n) is 8.73. The van der Waals surface area contributed by atoms with Gasteiger partial charge in [-0.2, -0.15) is 0 Å². The second-order valence-electron chi connectivity index (χ2n) is 5.75. The SMILES string of the molecule is CCCCCCCOc1c(OC)cc(OCCCl)c2ccccc12. The molecule has 4 heteroatoms. The van der Waals surface area contributed by atoms with E-state index in [0.717, 1.165) is 28.7 Å². The summed E-state index contributed by atoms with van der Waals surface area (Å²) in [6.45, 7) is 3.39. The van der Waals surface area contributed by atoms with Gasteiger partial charge in [0.15, 0.2) is 11.5 Å². The molecule has 2 rings (SSSR count). The zero-order chi connectivity index (χ0) is 17.2. The number of alkyl halides is 1. The molecule has 0 aliphatic carbocycles. The summed E-state index contributed by atoms with van der Waals surface area (Å²) < 4.78 is 17.4. The van der Waals surface area contributed by atoms with Crippen molar-refractivity contribution in [2.45, 2.75) is 39.0 Å². The Kier molecular flexibility index (Phi) is 8.03. The number of fused-ring (bicyclic) bond motifs is 1. The topological polar surface area (TPSA) is 27.7 Å². The molecular weight excluding hydrogens is 324 g/mol. The van der Waals surface area contributed by atoms with Crippen LogP contribution in [0.4, 0.5) is 0 Å². The van der Waals surface area contributed by atoms with Crippen molar-refractivity contribution in [3.63, 3.8) is 0 Å². The highest BCUT2D eigenvalue weighted by atomic mass is 35.5. The molecule has 0 bridgehead atoms. The molecule has 0 atom stereocenters. The van der Waals surface area contributed by atoms with Gasteiger partial charge in [-0.15, -0.1) is 11.6 Å². The van der Waals surface area contributed by atoms with Crippen LogP contribution >= 0.6 is 11.6 Å². The van der Waals surface area contributed by atoms with Crippen molar-refractivity contribution in [1.29, 1.82) is 0 Å². The molecule has 0 aromatic heterocycles.